The predicted octanol–water partition coefficient (Wildman–Crippen LogP) is 2.45. The minimum Gasteiger partial charge on any atom is -0.490 e. The Morgan fingerprint density at radius 1 is 1.35 bits per heavy atom. The summed E-state index contributed by atoms with van der Waals surface area (Å²) in [7, 11) is 0. The van der Waals surface area contributed by atoms with Gasteiger partial charge in [-0.05, 0) is 17.5 Å². The molecule has 1 aliphatic heterocycles. The van der Waals surface area contributed by atoms with E-state index in [0.717, 1.165) is 29.0 Å². The first kappa shape index (κ1) is 14.7. The summed E-state index contributed by atoms with van der Waals surface area (Å²) in [6.45, 7) is 5.32. The van der Waals surface area contributed by atoms with Crippen molar-refractivity contribution in [3.63, 3.8) is 0 Å². The maximum Gasteiger partial charge on any atom is 0.305 e. The molecule has 1 unspecified atom stereocenters. The zero-order valence-corrected chi connectivity index (χ0v) is 11.9. The lowest BCUT2D eigenvalue weighted by Gasteiger charge is -2.22. The number of hydrogen-bond donors (Lipinski definition) is 2. The largest absolute Gasteiger partial charge is 0.490 e. The summed E-state index contributed by atoms with van der Waals surface area (Å²) in [5.74, 6) is 0.717. The van der Waals surface area contributed by atoms with Gasteiger partial charge in [0.1, 0.15) is 0 Å². The molecule has 110 valence electrons. The van der Waals surface area contributed by atoms with Crippen LogP contribution < -0.4 is 15.2 Å². The van der Waals surface area contributed by atoms with E-state index in [4.69, 9.17) is 20.3 Å². The molecule has 0 spiro atoms. The van der Waals surface area contributed by atoms with Crippen LogP contribution in [0.1, 0.15) is 49.8 Å². The molecule has 1 aromatic rings. The molecular formula is C15H21NO4. The van der Waals surface area contributed by atoms with E-state index >= 15 is 0 Å². The van der Waals surface area contributed by atoms with Crippen LogP contribution in [0.25, 0.3) is 0 Å². The second kappa shape index (κ2) is 6.13. The Morgan fingerprint density at radius 2 is 2.05 bits per heavy atom. The lowest BCUT2D eigenvalue weighted by Crippen LogP contribution is -2.18. The van der Waals surface area contributed by atoms with Crippen LogP contribution in [-0.4, -0.2) is 24.3 Å². The molecule has 1 aromatic carbocycles. The van der Waals surface area contributed by atoms with E-state index < -0.39 is 12.0 Å². The normalized spacial score (nSPS) is 15.8. The number of ether oxygens (including phenoxy) is 2. The van der Waals surface area contributed by atoms with Crippen LogP contribution in [0.5, 0.6) is 11.5 Å². The van der Waals surface area contributed by atoms with Gasteiger partial charge in [0.05, 0.1) is 19.6 Å². The number of hydrogen-bond acceptors (Lipinski definition) is 4. The highest BCUT2D eigenvalue weighted by Gasteiger charge is 2.24. The van der Waals surface area contributed by atoms with Gasteiger partial charge in [-0.25, -0.2) is 0 Å². The van der Waals surface area contributed by atoms with Crippen LogP contribution >= 0.6 is 0 Å². The van der Waals surface area contributed by atoms with Gasteiger partial charge < -0.3 is 20.3 Å². The third-order valence-electron chi connectivity index (χ3n) is 3.36. The summed E-state index contributed by atoms with van der Waals surface area (Å²) in [5.41, 5.74) is 7.81. The van der Waals surface area contributed by atoms with Crippen LogP contribution in [0, 0.1) is 0 Å². The van der Waals surface area contributed by atoms with Gasteiger partial charge in [0, 0.05) is 18.0 Å². The van der Waals surface area contributed by atoms with Crippen LogP contribution in [0.15, 0.2) is 12.1 Å². The standard InChI is InChI=1S/C15H21NO4/c1-9(2)14-10(11(16)8-13(17)18)4-5-12-15(14)20-7-3-6-19-12/h4-5,9,11H,3,6-8,16H2,1-2H3,(H,17,18). The van der Waals surface area contributed by atoms with E-state index in [2.05, 4.69) is 0 Å². The fourth-order valence-electron chi connectivity index (χ4n) is 2.49. The summed E-state index contributed by atoms with van der Waals surface area (Å²) in [6.07, 6.45) is 0.738. The topological polar surface area (TPSA) is 81.8 Å². The van der Waals surface area contributed by atoms with E-state index in [1.54, 1.807) is 0 Å². The summed E-state index contributed by atoms with van der Waals surface area (Å²) < 4.78 is 11.5. The maximum absolute atomic E-state index is 10.9. The number of carboxylic acids is 1. The molecule has 1 aliphatic rings. The number of rotatable bonds is 4. The van der Waals surface area contributed by atoms with Gasteiger partial charge in [0.15, 0.2) is 11.5 Å². The van der Waals surface area contributed by atoms with Crippen molar-refractivity contribution < 1.29 is 19.4 Å². The number of benzene rings is 1. The Balaban J connectivity index is 2.47. The van der Waals surface area contributed by atoms with Crippen molar-refractivity contribution >= 4 is 5.97 Å². The van der Waals surface area contributed by atoms with Crippen molar-refractivity contribution in [2.45, 2.75) is 38.6 Å². The van der Waals surface area contributed by atoms with Crippen LogP contribution in [0.2, 0.25) is 0 Å². The molecule has 1 atom stereocenters. The lowest BCUT2D eigenvalue weighted by molar-refractivity contribution is -0.137. The van der Waals surface area contributed by atoms with Gasteiger partial charge in [-0.3, -0.25) is 4.79 Å². The number of carboxylic acid groups (broad SMARTS) is 1. The van der Waals surface area contributed by atoms with Gasteiger partial charge in [0.25, 0.3) is 0 Å². The van der Waals surface area contributed by atoms with Gasteiger partial charge in [0.2, 0.25) is 0 Å². The maximum atomic E-state index is 10.9. The number of carbonyl (C=O) groups is 1. The first-order chi connectivity index (χ1) is 9.50. The molecule has 5 heteroatoms. The summed E-state index contributed by atoms with van der Waals surface area (Å²) in [4.78, 5) is 10.9. The summed E-state index contributed by atoms with van der Waals surface area (Å²) in [5, 5.41) is 8.92. The molecule has 0 saturated carbocycles. The minimum atomic E-state index is -0.903. The number of fused-ring (bicyclic) bond motifs is 1. The second-order valence-corrected chi connectivity index (χ2v) is 5.31. The Labute approximate surface area is 118 Å². The van der Waals surface area contributed by atoms with Gasteiger partial charge in [-0.15, -0.1) is 0 Å². The van der Waals surface area contributed by atoms with E-state index in [-0.39, 0.29) is 12.3 Å². The molecule has 1 heterocycles. The third kappa shape index (κ3) is 3.04. The quantitative estimate of drug-likeness (QED) is 0.884. The second-order valence-electron chi connectivity index (χ2n) is 5.31. The van der Waals surface area contributed by atoms with Gasteiger partial charge >= 0.3 is 5.97 Å². The fraction of sp³-hybridized carbons (Fsp3) is 0.533. The zero-order chi connectivity index (χ0) is 14.7. The Kier molecular flexibility index (Phi) is 4.49. The molecule has 2 rings (SSSR count). The Bertz CT molecular complexity index is 499. The van der Waals surface area contributed by atoms with Gasteiger partial charge in [-0.2, -0.15) is 0 Å². The van der Waals surface area contributed by atoms with Crippen molar-refractivity contribution in [3.05, 3.63) is 23.3 Å². The highest BCUT2D eigenvalue weighted by atomic mass is 16.5. The number of aliphatic carboxylic acids is 1. The van der Waals surface area contributed by atoms with Crippen molar-refractivity contribution in [2.75, 3.05) is 13.2 Å². The molecule has 0 amide bonds. The SMILES string of the molecule is CC(C)c1c(C(N)CC(=O)O)ccc2c1OCCCO2. The van der Waals surface area contributed by atoms with E-state index in [1.807, 2.05) is 26.0 Å². The van der Waals surface area contributed by atoms with E-state index in [9.17, 15) is 4.79 Å². The monoisotopic (exact) mass is 279 g/mol. The first-order valence-corrected chi connectivity index (χ1v) is 6.90. The molecular weight excluding hydrogens is 258 g/mol. The molecule has 3 N–H and O–H groups in total. The Hall–Kier alpha value is -1.75. The number of nitrogens with two attached hydrogens (primary N) is 1. The van der Waals surface area contributed by atoms with Crippen molar-refractivity contribution in [2.24, 2.45) is 5.73 Å². The van der Waals surface area contributed by atoms with E-state index in [0.29, 0.717) is 13.2 Å². The first-order valence-electron chi connectivity index (χ1n) is 6.90. The molecule has 5 nitrogen and oxygen atoms in total. The molecule has 0 aliphatic carbocycles. The molecule has 0 saturated heterocycles. The van der Waals surface area contributed by atoms with Crippen molar-refractivity contribution in [3.8, 4) is 11.5 Å². The molecule has 0 aromatic heterocycles. The third-order valence-corrected chi connectivity index (χ3v) is 3.36. The average molecular weight is 279 g/mol. The Morgan fingerprint density at radius 3 is 2.70 bits per heavy atom. The van der Waals surface area contributed by atoms with E-state index in [1.165, 1.54) is 0 Å². The summed E-state index contributed by atoms with van der Waals surface area (Å²) in [6, 6.07) is 3.14. The van der Waals surface area contributed by atoms with Crippen LogP contribution in [-0.2, 0) is 4.79 Å². The van der Waals surface area contributed by atoms with Crippen molar-refractivity contribution in [1.82, 2.24) is 0 Å². The van der Waals surface area contributed by atoms with Gasteiger partial charge in [-0.1, -0.05) is 19.9 Å². The minimum absolute atomic E-state index is 0.0979. The molecule has 0 fully saturated rings. The average Bonchev–Trinajstić information content (AvgIpc) is 2.61. The molecule has 20 heavy (non-hydrogen) atoms. The predicted molar refractivity (Wildman–Crippen MR) is 75.3 cm³/mol. The highest BCUT2D eigenvalue weighted by molar-refractivity contribution is 5.68. The lowest BCUT2D eigenvalue weighted by atomic mass is 9.90. The summed E-state index contributed by atoms with van der Waals surface area (Å²) >= 11 is 0. The zero-order valence-electron chi connectivity index (χ0n) is 11.9. The van der Waals surface area contributed by atoms with Crippen molar-refractivity contribution in [1.29, 1.82) is 0 Å². The van der Waals surface area contributed by atoms with Crippen LogP contribution in [0.4, 0.5) is 0 Å². The molecule has 0 radical (unpaired) electrons. The highest BCUT2D eigenvalue weighted by Crippen LogP contribution is 2.41. The molecule has 0 bridgehead atoms. The fourth-order valence-corrected chi connectivity index (χ4v) is 2.49. The smallest absolute Gasteiger partial charge is 0.305 e. The van der Waals surface area contributed by atoms with Crippen LogP contribution in [0.3, 0.4) is 0 Å².